The summed E-state index contributed by atoms with van der Waals surface area (Å²) in [6, 6.07) is 0.127. The van der Waals surface area contributed by atoms with Crippen LogP contribution in [0.5, 0.6) is 5.75 Å². The highest BCUT2D eigenvalue weighted by Crippen LogP contribution is 2.58. The zero-order valence-electron chi connectivity index (χ0n) is 9.66. The van der Waals surface area contributed by atoms with Gasteiger partial charge in [0.05, 0.1) is 5.69 Å². The molecule has 1 aromatic rings. The summed E-state index contributed by atoms with van der Waals surface area (Å²) < 4.78 is 114. The van der Waals surface area contributed by atoms with Crippen molar-refractivity contribution in [2.45, 2.75) is 23.9 Å². The predicted octanol–water partition coefficient (Wildman–Crippen LogP) is 3.90. The van der Waals surface area contributed by atoms with Gasteiger partial charge < -0.3 is 10.8 Å². The van der Waals surface area contributed by atoms with E-state index in [9.17, 15) is 39.5 Å². The van der Waals surface area contributed by atoms with Crippen molar-refractivity contribution < 1.29 is 44.6 Å². The van der Waals surface area contributed by atoms with Gasteiger partial charge in [-0.2, -0.15) is 35.1 Å². The molecule has 0 spiro atoms. The van der Waals surface area contributed by atoms with Crippen LogP contribution >= 0.6 is 0 Å². The first kappa shape index (κ1) is 17.2. The Morgan fingerprint density at radius 2 is 1.29 bits per heavy atom. The number of phenols is 1. The van der Waals surface area contributed by atoms with Crippen LogP contribution in [0.1, 0.15) is 5.56 Å². The van der Waals surface area contributed by atoms with E-state index in [0.717, 1.165) is 0 Å². The number of halogens is 9. The van der Waals surface area contributed by atoms with Crippen LogP contribution in [0.2, 0.25) is 0 Å². The zero-order valence-corrected chi connectivity index (χ0v) is 9.66. The molecule has 2 nitrogen and oxygen atoms in total. The Hall–Kier alpha value is -1.81. The SMILES string of the molecule is Nc1ccc(C(F)(C(F)(F)F)C(F)(F)C(F)(F)F)cc1O. The highest BCUT2D eigenvalue weighted by Gasteiger charge is 2.81. The molecule has 1 aromatic carbocycles. The van der Waals surface area contributed by atoms with Gasteiger partial charge in [-0.1, -0.05) is 6.07 Å². The highest BCUT2D eigenvalue weighted by atomic mass is 19.4. The third-order valence-electron chi connectivity index (χ3n) is 2.61. The van der Waals surface area contributed by atoms with Gasteiger partial charge >= 0.3 is 23.9 Å². The zero-order chi connectivity index (χ0) is 16.9. The van der Waals surface area contributed by atoms with Crippen LogP contribution in [0.3, 0.4) is 0 Å². The minimum Gasteiger partial charge on any atom is -0.506 e. The van der Waals surface area contributed by atoms with Crippen LogP contribution < -0.4 is 5.73 Å². The number of aromatic hydroxyl groups is 1. The number of anilines is 1. The molecule has 120 valence electrons. The molecule has 0 aromatic heterocycles. The smallest absolute Gasteiger partial charge is 0.457 e. The monoisotopic (exact) mass is 327 g/mol. The lowest BCUT2D eigenvalue weighted by Crippen LogP contribution is -2.59. The van der Waals surface area contributed by atoms with Crippen LogP contribution in [0, 0.1) is 0 Å². The van der Waals surface area contributed by atoms with Gasteiger partial charge in [-0.3, -0.25) is 0 Å². The summed E-state index contributed by atoms with van der Waals surface area (Å²) in [7, 11) is 0. The third-order valence-corrected chi connectivity index (χ3v) is 2.61. The van der Waals surface area contributed by atoms with E-state index in [1.807, 2.05) is 0 Å². The Morgan fingerprint density at radius 3 is 1.62 bits per heavy atom. The fourth-order valence-electron chi connectivity index (χ4n) is 1.48. The molecule has 1 unspecified atom stereocenters. The number of hydrogen-bond donors (Lipinski definition) is 2. The number of hydrogen-bond acceptors (Lipinski definition) is 2. The third kappa shape index (κ3) is 2.44. The van der Waals surface area contributed by atoms with Crippen molar-refractivity contribution in [3.05, 3.63) is 23.8 Å². The molecule has 21 heavy (non-hydrogen) atoms. The molecule has 1 rings (SSSR count). The van der Waals surface area contributed by atoms with Crippen LogP contribution in [0.15, 0.2) is 18.2 Å². The maximum absolute atomic E-state index is 13.9. The molecule has 0 aliphatic carbocycles. The van der Waals surface area contributed by atoms with E-state index < -0.39 is 40.9 Å². The summed E-state index contributed by atoms with van der Waals surface area (Å²) in [5.41, 5.74) is -3.86. The Labute approximate surface area is 111 Å². The first-order valence-electron chi connectivity index (χ1n) is 4.95. The van der Waals surface area contributed by atoms with Crippen LogP contribution in [-0.4, -0.2) is 23.4 Å². The fraction of sp³-hybridized carbons (Fsp3) is 0.400. The average molecular weight is 327 g/mol. The number of nitrogen functional groups attached to an aromatic ring is 1. The van der Waals surface area contributed by atoms with E-state index in [0.29, 0.717) is 6.07 Å². The topological polar surface area (TPSA) is 46.2 Å². The molecule has 0 fully saturated rings. The minimum absolute atomic E-state index is 0.0117. The van der Waals surface area contributed by atoms with E-state index >= 15 is 0 Å². The van der Waals surface area contributed by atoms with Crippen molar-refractivity contribution in [2.75, 3.05) is 5.73 Å². The van der Waals surface area contributed by atoms with E-state index in [1.54, 1.807) is 0 Å². The van der Waals surface area contributed by atoms with Crippen molar-refractivity contribution in [1.29, 1.82) is 0 Å². The molecule has 0 aliphatic rings. The molecule has 0 saturated carbocycles. The molecular weight excluding hydrogens is 321 g/mol. The van der Waals surface area contributed by atoms with Crippen LogP contribution in [-0.2, 0) is 5.67 Å². The summed E-state index contributed by atoms with van der Waals surface area (Å²) in [6.45, 7) is 0. The summed E-state index contributed by atoms with van der Waals surface area (Å²) >= 11 is 0. The minimum atomic E-state index is -6.81. The second-order valence-electron chi connectivity index (χ2n) is 4.00. The quantitative estimate of drug-likeness (QED) is 0.492. The molecule has 0 radical (unpaired) electrons. The Balaban J connectivity index is 3.67. The Kier molecular flexibility index (Phi) is 3.78. The van der Waals surface area contributed by atoms with E-state index in [4.69, 9.17) is 10.8 Å². The number of alkyl halides is 9. The lowest BCUT2D eigenvalue weighted by Gasteiger charge is -2.36. The van der Waals surface area contributed by atoms with Crippen LogP contribution in [0.4, 0.5) is 45.2 Å². The highest BCUT2D eigenvalue weighted by molar-refractivity contribution is 5.54. The van der Waals surface area contributed by atoms with Crippen molar-refractivity contribution in [1.82, 2.24) is 0 Å². The van der Waals surface area contributed by atoms with Gasteiger partial charge in [-0.25, -0.2) is 4.39 Å². The van der Waals surface area contributed by atoms with Gasteiger partial charge in [0, 0.05) is 5.56 Å². The summed E-state index contributed by atoms with van der Waals surface area (Å²) in [6.07, 6.45) is -13.4. The number of nitrogens with two attached hydrogens (primary N) is 1. The first-order chi connectivity index (χ1) is 9.16. The number of phenolic OH excluding ortho intramolecular Hbond substituents is 1. The van der Waals surface area contributed by atoms with Gasteiger partial charge in [-0.15, -0.1) is 0 Å². The van der Waals surface area contributed by atoms with Gasteiger partial charge in [0.25, 0.3) is 0 Å². The fourth-order valence-corrected chi connectivity index (χ4v) is 1.48. The van der Waals surface area contributed by atoms with Gasteiger partial charge in [0.15, 0.2) is 0 Å². The standard InChI is InChI=1S/C10H6F9NO/c11-7(9(14,15)16,8(12,13)10(17,18)19)4-1-2-5(20)6(21)3-4/h1-3,21H,20H2. The molecule has 0 amide bonds. The Morgan fingerprint density at radius 1 is 0.810 bits per heavy atom. The second kappa shape index (κ2) is 4.60. The van der Waals surface area contributed by atoms with E-state index in [1.165, 1.54) is 0 Å². The lowest BCUT2D eigenvalue weighted by molar-refractivity contribution is -0.389. The molecule has 1 atom stereocenters. The average Bonchev–Trinajstić information content (AvgIpc) is 2.28. The van der Waals surface area contributed by atoms with Crippen molar-refractivity contribution in [2.24, 2.45) is 0 Å². The summed E-state index contributed by atoms with van der Waals surface area (Å²) in [5, 5.41) is 9.01. The Bertz CT molecular complexity index is 536. The number of benzene rings is 1. The first-order valence-corrected chi connectivity index (χ1v) is 4.95. The van der Waals surface area contributed by atoms with Crippen molar-refractivity contribution in [3.63, 3.8) is 0 Å². The molecule has 0 saturated heterocycles. The maximum Gasteiger partial charge on any atom is 0.457 e. The maximum atomic E-state index is 13.9. The van der Waals surface area contributed by atoms with E-state index in [-0.39, 0.29) is 12.1 Å². The molecule has 0 bridgehead atoms. The van der Waals surface area contributed by atoms with Gasteiger partial charge in [-0.05, 0) is 12.1 Å². The van der Waals surface area contributed by atoms with Crippen molar-refractivity contribution >= 4 is 5.69 Å². The molecule has 3 N–H and O–H groups in total. The van der Waals surface area contributed by atoms with E-state index in [2.05, 4.69) is 0 Å². The molecular formula is C10H6F9NO. The summed E-state index contributed by atoms with van der Waals surface area (Å²) in [5.74, 6) is -8.04. The van der Waals surface area contributed by atoms with Gasteiger partial charge in [0.2, 0.25) is 0 Å². The van der Waals surface area contributed by atoms with Crippen LogP contribution in [0.25, 0.3) is 0 Å². The molecule has 11 heteroatoms. The van der Waals surface area contributed by atoms with Crippen molar-refractivity contribution in [3.8, 4) is 5.75 Å². The molecule has 0 aliphatic heterocycles. The normalized spacial score (nSPS) is 16.6. The lowest BCUT2D eigenvalue weighted by atomic mass is 9.87. The largest absolute Gasteiger partial charge is 0.506 e. The second-order valence-corrected chi connectivity index (χ2v) is 4.00. The van der Waals surface area contributed by atoms with Gasteiger partial charge in [0.1, 0.15) is 5.75 Å². The summed E-state index contributed by atoms with van der Waals surface area (Å²) in [4.78, 5) is 0. The predicted molar refractivity (Wildman–Crippen MR) is 52.4 cm³/mol. The number of rotatable bonds is 2. The molecule has 0 heterocycles.